The van der Waals surface area contributed by atoms with Crippen LogP contribution in [0.3, 0.4) is 0 Å². The van der Waals surface area contributed by atoms with Crippen molar-refractivity contribution < 1.29 is 0 Å². The predicted octanol–water partition coefficient (Wildman–Crippen LogP) is 4.03. The van der Waals surface area contributed by atoms with Gasteiger partial charge in [-0.05, 0) is 36.4 Å². The molecule has 1 aliphatic heterocycles. The van der Waals surface area contributed by atoms with E-state index in [9.17, 15) is 0 Å². The van der Waals surface area contributed by atoms with Crippen LogP contribution in [0.5, 0.6) is 0 Å². The van der Waals surface area contributed by atoms with Crippen LogP contribution >= 0.6 is 11.8 Å². The van der Waals surface area contributed by atoms with Gasteiger partial charge in [-0.3, -0.25) is 0 Å². The molecule has 2 aromatic rings. The molecule has 104 valence electrons. The molecule has 0 aromatic heterocycles. The van der Waals surface area contributed by atoms with Crippen LogP contribution in [0, 0.1) is 0 Å². The lowest BCUT2D eigenvalue weighted by Crippen LogP contribution is -2.10. The van der Waals surface area contributed by atoms with Gasteiger partial charge in [0.1, 0.15) is 0 Å². The Balaban J connectivity index is 1.99. The maximum Gasteiger partial charge on any atom is 0.0527 e. The molecule has 2 aromatic carbocycles. The second-order valence-corrected chi connectivity index (χ2v) is 6.46. The fourth-order valence-electron chi connectivity index (χ4n) is 2.22. The molecule has 0 amide bonds. The van der Waals surface area contributed by atoms with Crippen molar-refractivity contribution >= 4 is 34.5 Å². The van der Waals surface area contributed by atoms with Gasteiger partial charge >= 0.3 is 0 Å². The average molecular weight is 285 g/mol. The fraction of sp³-hybridized carbons (Fsp3) is 0.250. The first kappa shape index (κ1) is 13.2. The maximum atomic E-state index is 3.51. The van der Waals surface area contributed by atoms with Gasteiger partial charge in [0.15, 0.2) is 0 Å². The summed E-state index contributed by atoms with van der Waals surface area (Å²) in [7, 11) is 8.28. The molecule has 0 radical (unpaired) electrons. The van der Waals surface area contributed by atoms with Crippen molar-refractivity contribution in [1.82, 2.24) is 0 Å². The zero-order valence-electron chi connectivity index (χ0n) is 12.3. The average Bonchev–Trinajstić information content (AvgIpc) is 2.43. The third-order valence-electron chi connectivity index (χ3n) is 3.45. The number of hydrogen-bond donors (Lipinski definition) is 1. The van der Waals surface area contributed by atoms with E-state index < -0.39 is 0 Å². The number of rotatable bonds is 2. The summed E-state index contributed by atoms with van der Waals surface area (Å²) in [5, 5.41) is 3.51. The SMILES string of the molecule is CN(C)c1ccc2c(c1)Sc1cc(N(C)C)ccc1N2. The molecule has 1 heterocycles. The molecule has 0 bridgehead atoms. The Morgan fingerprint density at radius 3 is 1.60 bits per heavy atom. The Labute approximate surface area is 124 Å². The maximum absolute atomic E-state index is 3.51. The Kier molecular flexibility index (Phi) is 3.26. The first-order valence-corrected chi connectivity index (χ1v) is 7.44. The minimum Gasteiger partial charge on any atom is -0.378 e. The van der Waals surface area contributed by atoms with Crippen LogP contribution in [0.2, 0.25) is 0 Å². The van der Waals surface area contributed by atoms with Crippen LogP contribution < -0.4 is 15.1 Å². The topological polar surface area (TPSA) is 18.5 Å². The minimum atomic E-state index is 1.19. The molecular weight excluding hydrogens is 266 g/mol. The molecule has 3 rings (SSSR count). The summed E-state index contributed by atoms with van der Waals surface area (Å²) in [6.07, 6.45) is 0. The normalized spacial score (nSPS) is 12.2. The Morgan fingerprint density at radius 2 is 1.20 bits per heavy atom. The molecule has 0 fully saturated rings. The molecule has 1 N–H and O–H groups in total. The summed E-state index contributed by atoms with van der Waals surface area (Å²) in [5.74, 6) is 0. The van der Waals surface area contributed by atoms with Gasteiger partial charge in [0.05, 0.1) is 11.4 Å². The van der Waals surface area contributed by atoms with Gasteiger partial charge in [-0.2, -0.15) is 0 Å². The van der Waals surface area contributed by atoms with Gasteiger partial charge < -0.3 is 15.1 Å². The van der Waals surface area contributed by atoms with E-state index in [-0.39, 0.29) is 0 Å². The van der Waals surface area contributed by atoms with E-state index in [0.717, 1.165) is 0 Å². The van der Waals surface area contributed by atoms with Crippen molar-refractivity contribution in [3.8, 4) is 0 Å². The third kappa shape index (κ3) is 2.31. The molecule has 0 atom stereocenters. The molecular formula is C16H19N3S. The largest absolute Gasteiger partial charge is 0.378 e. The van der Waals surface area contributed by atoms with Crippen LogP contribution in [-0.4, -0.2) is 28.2 Å². The smallest absolute Gasteiger partial charge is 0.0527 e. The number of nitrogens with zero attached hydrogens (tertiary/aromatic N) is 2. The summed E-state index contributed by atoms with van der Waals surface area (Å²) in [5.41, 5.74) is 4.83. The Morgan fingerprint density at radius 1 is 0.750 bits per heavy atom. The second-order valence-electron chi connectivity index (χ2n) is 5.38. The van der Waals surface area contributed by atoms with E-state index in [0.29, 0.717) is 0 Å². The van der Waals surface area contributed by atoms with Crippen LogP contribution in [0.1, 0.15) is 0 Å². The zero-order valence-corrected chi connectivity index (χ0v) is 13.1. The van der Waals surface area contributed by atoms with Crippen molar-refractivity contribution in [2.75, 3.05) is 43.3 Å². The lowest BCUT2D eigenvalue weighted by molar-refractivity contribution is 1.11. The van der Waals surface area contributed by atoms with Gasteiger partial charge in [0.25, 0.3) is 0 Å². The van der Waals surface area contributed by atoms with Crippen LogP contribution in [-0.2, 0) is 0 Å². The van der Waals surface area contributed by atoms with Gasteiger partial charge in [-0.15, -0.1) is 0 Å². The van der Waals surface area contributed by atoms with E-state index in [1.54, 1.807) is 0 Å². The molecule has 20 heavy (non-hydrogen) atoms. The predicted molar refractivity (Wildman–Crippen MR) is 88.9 cm³/mol. The van der Waals surface area contributed by atoms with Gasteiger partial charge in [0, 0.05) is 49.4 Å². The van der Waals surface area contributed by atoms with Crippen LogP contribution in [0.15, 0.2) is 46.2 Å². The molecule has 0 unspecified atom stereocenters. The van der Waals surface area contributed by atoms with E-state index in [4.69, 9.17) is 0 Å². The Bertz CT molecular complexity index is 595. The first-order valence-electron chi connectivity index (χ1n) is 6.62. The summed E-state index contributed by atoms with van der Waals surface area (Å²) in [4.78, 5) is 6.82. The Hall–Kier alpha value is -1.81. The van der Waals surface area contributed by atoms with Crippen LogP contribution in [0.25, 0.3) is 0 Å². The van der Waals surface area contributed by atoms with Gasteiger partial charge in [0.2, 0.25) is 0 Å². The third-order valence-corrected chi connectivity index (χ3v) is 4.57. The molecule has 1 aliphatic rings. The summed E-state index contributed by atoms with van der Waals surface area (Å²) in [6, 6.07) is 13.1. The van der Waals surface area contributed by atoms with Crippen LogP contribution in [0.4, 0.5) is 22.7 Å². The molecule has 4 heteroatoms. The monoisotopic (exact) mass is 285 g/mol. The highest BCUT2D eigenvalue weighted by molar-refractivity contribution is 7.99. The second kappa shape index (κ2) is 4.94. The number of fused-ring (bicyclic) bond motifs is 2. The van der Waals surface area contributed by atoms with Crippen molar-refractivity contribution in [2.45, 2.75) is 9.79 Å². The molecule has 3 nitrogen and oxygen atoms in total. The zero-order chi connectivity index (χ0) is 14.3. The first-order chi connectivity index (χ1) is 9.54. The summed E-state index contributed by atoms with van der Waals surface area (Å²) in [6.45, 7) is 0. The van der Waals surface area contributed by atoms with E-state index in [1.807, 2.05) is 11.8 Å². The molecule has 0 spiro atoms. The summed E-state index contributed by atoms with van der Waals surface area (Å²) >= 11 is 1.83. The van der Waals surface area contributed by atoms with Crippen molar-refractivity contribution in [3.63, 3.8) is 0 Å². The van der Waals surface area contributed by atoms with Crippen molar-refractivity contribution in [1.29, 1.82) is 0 Å². The fourth-order valence-corrected chi connectivity index (χ4v) is 3.27. The van der Waals surface area contributed by atoms with Gasteiger partial charge in [-0.25, -0.2) is 0 Å². The lowest BCUT2D eigenvalue weighted by Gasteiger charge is -2.24. The van der Waals surface area contributed by atoms with E-state index in [2.05, 4.69) is 79.7 Å². The lowest BCUT2D eigenvalue weighted by atomic mass is 10.2. The number of benzene rings is 2. The number of nitrogens with one attached hydrogen (secondary N) is 1. The quantitative estimate of drug-likeness (QED) is 0.766. The number of hydrogen-bond acceptors (Lipinski definition) is 4. The highest BCUT2D eigenvalue weighted by Crippen LogP contribution is 2.46. The molecule has 0 saturated carbocycles. The number of anilines is 4. The molecule has 0 aliphatic carbocycles. The highest BCUT2D eigenvalue weighted by atomic mass is 32.2. The minimum absolute atomic E-state index is 1.19. The van der Waals surface area contributed by atoms with Gasteiger partial charge in [-0.1, -0.05) is 11.8 Å². The standard InChI is InChI=1S/C16H19N3S/c1-18(2)11-5-7-13-15(9-11)20-16-10-12(19(3)4)6-8-14(16)17-13/h5-10,17H,1-4H3. The van der Waals surface area contributed by atoms with Crippen molar-refractivity contribution in [2.24, 2.45) is 0 Å². The molecule has 0 saturated heterocycles. The van der Waals surface area contributed by atoms with Crippen molar-refractivity contribution in [3.05, 3.63) is 36.4 Å². The van der Waals surface area contributed by atoms with E-state index >= 15 is 0 Å². The highest BCUT2D eigenvalue weighted by Gasteiger charge is 2.17. The summed E-state index contributed by atoms with van der Waals surface area (Å²) < 4.78 is 0. The van der Waals surface area contributed by atoms with E-state index in [1.165, 1.54) is 32.5 Å².